The molecule has 0 aromatic heterocycles. The monoisotopic (exact) mass is 519 g/mol. The zero-order chi connectivity index (χ0) is 28.1. The molecule has 0 saturated heterocycles. The van der Waals surface area contributed by atoms with Crippen LogP contribution < -0.4 is 27.4 Å². The number of aliphatic carboxylic acids is 1. The van der Waals surface area contributed by atoms with Crippen LogP contribution in [0.5, 0.6) is 0 Å². The van der Waals surface area contributed by atoms with Gasteiger partial charge in [0.05, 0.1) is 6.04 Å². The van der Waals surface area contributed by atoms with E-state index < -0.39 is 53.8 Å². The molecule has 0 fully saturated rings. The number of rotatable bonds is 16. The first-order chi connectivity index (χ1) is 17.3. The predicted octanol–water partition coefficient (Wildman–Crippen LogP) is 0.453. The van der Waals surface area contributed by atoms with Crippen molar-refractivity contribution in [2.24, 2.45) is 23.3 Å². The number of carboxylic acid groups (broad SMARTS) is 1. The topological polar surface area (TPSA) is 194 Å². The Labute approximate surface area is 218 Å². The maximum Gasteiger partial charge on any atom is 0.326 e. The van der Waals surface area contributed by atoms with Gasteiger partial charge in [-0.05, 0) is 30.2 Å². The number of carbonyl (C=O) groups is 5. The average Bonchev–Trinajstić information content (AvgIpc) is 2.84. The third kappa shape index (κ3) is 11.4. The Bertz CT molecular complexity index is 923. The quantitative estimate of drug-likeness (QED) is 0.182. The highest BCUT2D eigenvalue weighted by atomic mass is 16.4. The van der Waals surface area contributed by atoms with Crippen molar-refractivity contribution >= 4 is 29.6 Å². The van der Waals surface area contributed by atoms with Crippen molar-refractivity contribution in [1.82, 2.24) is 16.0 Å². The van der Waals surface area contributed by atoms with E-state index in [0.717, 1.165) is 5.56 Å². The summed E-state index contributed by atoms with van der Waals surface area (Å²) >= 11 is 0. The van der Waals surface area contributed by atoms with Gasteiger partial charge in [-0.25, -0.2) is 4.79 Å². The number of hydrogen-bond donors (Lipinski definition) is 6. The summed E-state index contributed by atoms with van der Waals surface area (Å²) in [6, 6.07) is 4.68. The maximum atomic E-state index is 13.2. The molecule has 0 radical (unpaired) electrons. The number of nitrogens with two attached hydrogens (primary N) is 2. The molecule has 206 valence electrons. The second-order valence-electron chi connectivity index (χ2n) is 9.76. The van der Waals surface area contributed by atoms with E-state index in [0.29, 0.717) is 6.42 Å². The van der Waals surface area contributed by atoms with Crippen molar-refractivity contribution in [1.29, 1.82) is 0 Å². The normalized spacial score (nSPS) is 15.1. The average molecular weight is 520 g/mol. The zero-order valence-corrected chi connectivity index (χ0v) is 22.0. The fourth-order valence-electron chi connectivity index (χ4n) is 3.68. The summed E-state index contributed by atoms with van der Waals surface area (Å²) in [6.07, 6.45) is 0.854. The fourth-order valence-corrected chi connectivity index (χ4v) is 3.68. The summed E-state index contributed by atoms with van der Waals surface area (Å²) in [7, 11) is 0. The van der Waals surface area contributed by atoms with Gasteiger partial charge in [0, 0.05) is 12.8 Å². The number of benzene rings is 1. The molecule has 11 heteroatoms. The van der Waals surface area contributed by atoms with Crippen LogP contribution in [-0.2, 0) is 30.4 Å². The van der Waals surface area contributed by atoms with E-state index >= 15 is 0 Å². The lowest BCUT2D eigenvalue weighted by molar-refractivity contribution is -0.142. The first-order valence-corrected chi connectivity index (χ1v) is 12.6. The highest BCUT2D eigenvalue weighted by Crippen LogP contribution is 2.12. The van der Waals surface area contributed by atoms with Crippen LogP contribution >= 0.6 is 0 Å². The van der Waals surface area contributed by atoms with E-state index in [2.05, 4.69) is 16.0 Å². The second kappa shape index (κ2) is 15.6. The SMILES string of the molecule is CCC(C)C(NC(=O)C(N)CCC(N)=O)C(=O)NC(CC(C)C)C(=O)NC(Cc1ccccc1)C(=O)O. The molecule has 1 rings (SSSR count). The molecular weight excluding hydrogens is 478 g/mol. The van der Waals surface area contributed by atoms with Crippen LogP contribution in [0, 0.1) is 11.8 Å². The van der Waals surface area contributed by atoms with Crippen LogP contribution in [0.1, 0.15) is 58.9 Å². The van der Waals surface area contributed by atoms with Crippen LogP contribution in [0.25, 0.3) is 0 Å². The molecule has 5 unspecified atom stereocenters. The van der Waals surface area contributed by atoms with Gasteiger partial charge >= 0.3 is 5.97 Å². The van der Waals surface area contributed by atoms with Crippen molar-refractivity contribution in [3.8, 4) is 0 Å². The van der Waals surface area contributed by atoms with Gasteiger partial charge in [-0.15, -0.1) is 0 Å². The minimum absolute atomic E-state index is 0.00677. The lowest BCUT2D eigenvalue weighted by Crippen LogP contribution is -2.59. The van der Waals surface area contributed by atoms with Crippen molar-refractivity contribution in [3.05, 3.63) is 35.9 Å². The molecule has 0 aliphatic carbocycles. The van der Waals surface area contributed by atoms with Crippen molar-refractivity contribution in [2.45, 2.75) is 84.0 Å². The molecule has 0 saturated carbocycles. The standard InChI is InChI=1S/C26H41N5O6/c1-5-16(4)22(31-23(33)18(27)11-12-21(28)32)25(35)29-19(13-15(2)3)24(34)30-20(26(36)37)14-17-9-7-6-8-10-17/h6-10,15-16,18-20,22H,5,11-14,27H2,1-4H3,(H2,28,32)(H,29,35)(H,30,34)(H,31,33)(H,36,37). The van der Waals surface area contributed by atoms with E-state index in [1.807, 2.05) is 26.8 Å². The first-order valence-electron chi connectivity index (χ1n) is 12.6. The van der Waals surface area contributed by atoms with Crippen LogP contribution in [0.15, 0.2) is 30.3 Å². The summed E-state index contributed by atoms with van der Waals surface area (Å²) in [6.45, 7) is 7.37. The molecule has 0 bridgehead atoms. The third-order valence-electron chi connectivity index (χ3n) is 6.07. The van der Waals surface area contributed by atoms with E-state index in [9.17, 15) is 29.1 Å². The largest absolute Gasteiger partial charge is 0.480 e. The van der Waals surface area contributed by atoms with Gasteiger partial charge < -0.3 is 32.5 Å². The molecule has 0 spiro atoms. The Morgan fingerprint density at radius 3 is 2.00 bits per heavy atom. The summed E-state index contributed by atoms with van der Waals surface area (Å²) in [5.74, 6) is -3.89. The van der Waals surface area contributed by atoms with Gasteiger partial charge in [0.1, 0.15) is 18.1 Å². The molecule has 8 N–H and O–H groups in total. The molecule has 1 aromatic carbocycles. The van der Waals surface area contributed by atoms with Crippen LogP contribution in [0.2, 0.25) is 0 Å². The van der Waals surface area contributed by atoms with Gasteiger partial charge in [0.2, 0.25) is 23.6 Å². The van der Waals surface area contributed by atoms with E-state index in [4.69, 9.17) is 11.5 Å². The number of primary amides is 1. The maximum absolute atomic E-state index is 13.2. The van der Waals surface area contributed by atoms with E-state index in [1.54, 1.807) is 31.2 Å². The van der Waals surface area contributed by atoms with Crippen molar-refractivity contribution in [3.63, 3.8) is 0 Å². The lowest BCUT2D eigenvalue weighted by atomic mass is 9.96. The minimum Gasteiger partial charge on any atom is -0.480 e. The number of carboxylic acids is 1. The molecule has 37 heavy (non-hydrogen) atoms. The van der Waals surface area contributed by atoms with Crippen LogP contribution in [0.3, 0.4) is 0 Å². The highest BCUT2D eigenvalue weighted by Gasteiger charge is 2.32. The first kappa shape index (κ1) is 31.6. The van der Waals surface area contributed by atoms with E-state index in [1.165, 1.54) is 0 Å². The molecule has 0 aliphatic heterocycles. The Kier molecular flexibility index (Phi) is 13.3. The Morgan fingerprint density at radius 2 is 1.49 bits per heavy atom. The zero-order valence-electron chi connectivity index (χ0n) is 22.0. The summed E-state index contributed by atoms with van der Waals surface area (Å²) in [5.41, 5.74) is 11.7. The Hall–Kier alpha value is -3.47. The molecule has 0 heterocycles. The van der Waals surface area contributed by atoms with Gasteiger partial charge in [0.25, 0.3) is 0 Å². The molecule has 5 atom stereocenters. The third-order valence-corrected chi connectivity index (χ3v) is 6.07. The van der Waals surface area contributed by atoms with Gasteiger partial charge in [-0.2, -0.15) is 0 Å². The minimum atomic E-state index is -1.19. The molecular formula is C26H41N5O6. The van der Waals surface area contributed by atoms with Crippen molar-refractivity contribution in [2.75, 3.05) is 0 Å². The molecule has 1 aromatic rings. The smallest absolute Gasteiger partial charge is 0.326 e. The molecule has 11 nitrogen and oxygen atoms in total. The lowest BCUT2D eigenvalue weighted by Gasteiger charge is -2.28. The fraction of sp³-hybridized carbons (Fsp3) is 0.577. The van der Waals surface area contributed by atoms with Gasteiger partial charge in [-0.1, -0.05) is 64.4 Å². The second-order valence-corrected chi connectivity index (χ2v) is 9.76. The summed E-state index contributed by atoms with van der Waals surface area (Å²) < 4.78 is 0. The summed E-state index contributed by atoms with van der Waals surface area (Å²) in [5, 5.41) is 17.5. The van der Waals surface area contributed by atoms with Crippen LogP contribution in [-0.4, -0.2) is 58.9 Å². The van der Waals surface area contributed by atoms with Crippen molar-refractivity contribution < 1.29 is 29.1 Å². The Morgan fingerprint density at radius 1 is 0.892 bits per heavy atom. The highest BCUT2D eigenvalue weighted by molar-refractivity contribution is 5.94. The van der Waals surface area contributed by atoms with E-state index in [-0.39, 0.29) is 37.5 Å². The number of nitrogens with one attached hydrogen (secondary N) is 3. The molecule has 4 amide bonds. The Balaban J connectivity index is 3.00. The van der Waals surface area contributed by atoms with Gasteiger partial charge in [0.15, 0.2) is 0 Å². The number of carbonyl (C=O) groups excluding carboxylic acids is 4. The predicted molar refractivity (Wildman–Crippen MR) is 139 cm³/mol. The number of hydrogen-bond acceptors (Lipinski definition) is 6. The molecule has 0 aliphatic rings. The number of amides is 4. The summed E-state index contributed by atoms with van der Waals surface area (Å²) in [4.78, 5) is 61.8. The van der Waals surface area contributed by atoms with Crippen LogP contribution in [0.4, 0.5) is 0 Å². The van der Waals surface area contributed by atoms with Gasteiger partial charge in [-0.3, -0.25) is 19.2 Å².